The maximum absolute atomic E-state index is 13.1. The van der Waals surface area contributed by atoms with E-state index < -0.39 is 21.8 Å². The summed E-state index contributed by atoms with van der Waals surface area (Å²) in [5.41, 5.74) is 2.26. The highest BCUT2D eigenvalue weighted by molar-refractivity contribution is 7.89. The van der Waals surface area contributed by atoms with E-state index in [1.54, 1.807) is 12.1 Å². The fourth-order valence-electron chi connectivity index (χ4n) is 3.38. The highest BCUT2D eigenvalue weighted by Crippen LogP contribution is 2.26. The number of hydrogen-bond donors (Lipinski definition) is 2. The Kier molecular flexibility index (Phi) is 4.64. The molecular formula is C19H19FN4O3S. The summed E-state index contributed by atoms with van der Waals surface area (Å²) < 4.78 is 39.7. The Morgan fingerprint density at radius 2 is 2.00 bits per heavy atom. The number of benzene rings is 2. The van der Waals surface area contributed by atoms with E-state index in [0.29, 0.717) is 12.1 Å². The molecule has 2 aromatic carbocycles. The first-order chi connectivity index (χ1) is 13.3. The van der Waals surface area contributed by atoms with Crippen molar-refractivity contribution in [2.24, 2.45) is 5.92 Å². The van der Waals surface area contributed by atoms with Crippen molar-refractivity contribution in [2.45, 2.75) is 18.2 Å². The number of H-pyrrole nitrogens is 1. The first-order valence-corrected chi connectivity index (χ1v) is 10.3. The van der Waals surface area contributed by atoms with Crippen LogP contribution in [0.25, 0.3) is 11.0 Å². The third-order valence-electron chi connectivity index (χ3n) is 4.84. The molecule has 3 aromatic rings. The predicted octanol–water partition coefficient (Wildman–Crippen LogP) is 2.66. The minimum Gasteiger partial charge on any atom is -0.342 e. The molecule has 0 spiro atoms. The second kappa shape index (κ2) is 6.99. The number of rotatable bonds is 4. The summed E-state index contributed by atoms with van der Waals surface area (Å²) in [6.45, 7) is 2.19. The van der Waals surface area contributed by atoms with Crippen molar-refractivity contribution in [2.75, 3.05) is 18.4 Å². The summed E-state index contributed by atoms with van der Waals surface area (Å²) in [6, 6.07) is 10.1. The third kappa shape index (κ3) is 3.50. The molecule has 0 saturated carbocycles. The molecule has 7 nitrogen and oxygen atoms in total. The Morgan fingerprint density at radius 1 is 1.25 bits per heavy atom. The summed E-state index contributed by atoms with van der Waals surface area (Å²) in [7, 11) is -3.75. The van der Waals surface area contributed by atoms with Gasteiger partial charge in [0.1, 0.15) is 11.6 Å². The number of carbonyl (C=O) groups is 1. The zero-order valence-electron chi connectivity index (χ0n) is 15.1. The SMILES string of the molecule is Cc1nc2ccc(NC(=O)[C@@H]3CCN(S(=O)(=O)c4ccc(F)cc4)C3)cc2[nH]1. The number of fused-ring (bicyclic) bond motifs is 1. The molecule has 28 heavy (non-hydrogen) atoms. The van der Waals surface area contributed by atoms with E-state index in [4.69, 9.17) is 0 Å². The zero-order valence-corrected chi connectivity index (χ0v) is 16.0. The Bertz CT molecular complexity index is 1140. The standard InChI is InChI=1S/C19H19FN4O3S/c1-12-21-17-7-4-15(10-18(17)22-12)23-19(25)13-8-9-24(11-13)28(26,27)16-5-2-14(20)3-6-16/h2-7,10,13H,8-9,11H2,1H3,(H,21,22)(H,23,25)/t13-/m1/s1. The van der Waals surface area contributed by atoms with Gasteiger partial charge in [0.2, 0.25) is 15.9 Å². The molecule has 0 bridgehead atoms. The summed E-state index contributed by atoms with van der Waals surface area (Å²) in [5, 5.41) is 2.85. The highest BCUT2D eigenvalue weighted by atomic mass is 32.2. The number of hydrogen-bond acceptors (Lipinski definition) is 4. The van der Waals surface area contributed by atoms with Crippen molar-refractivity contribution in [3.63, 3.8) is 0 Å². The number of aromatic nitrogens is 2. The van der Waals surface area contributed by atoms with Gasteiger partial charge in [0.25, 0.3) is 0 Å². The van der Waals surface area contributed by atoms with Crippen LogP contribution >= 0.6 is 0 Å². The van der Waals surface area contributed by atoms with E-state index in [1.165, 1.54) is 16.4 Å². The van der Waals surface area contributed by atoms with Gasteiger partial charge >= 0.3 is 0 Å². The van der Waals surface area contributed by atoms with Gasteiger partial charge in [-0.15, -0.1) is 0 Å². The number of imidazole rings is 1. The third-order valence-corrected chi connectivity index (χ3v) is 6.72. The van der Waals surface area contributed by atoms with Gasteiger partial charge in [-0.05, 0) is 55.8 Å². The number of amides is 1. The van der Waals surface area contributed by atoms with Crippen LogP contribution in [0, 0.1) is 18.7 Å². The Balaban J connectivity index is 1.45. The molecule has 9 heteroatoms. The quantitative estimate of drug-likeness (QED) is 0.701. The van der Waals surface area contributed by atoms with Gasteiger partial charge in [-0.25, -0.2) is 17.8 Å². The van der Waals surface area contributed by atoms with Crippen LogP contribution in [0.3, 0.4) is 0 Å². The van der Waals surface area contributed by atoms with E-state index in [2.05, 4.69) is 15.3 Å². The molecule has 2 N–H and O–H groups in total. The van der Waals surface area contributed by atoms with Gasteiger partial charge in [0.05, 0.1) is 21.8 Å². The molecule has 0 unspecified atom stereocenters. The molecule has 1 aliphatic heterocycles. The molecule has 1 saturated heterocycles. The number of nitrogens with zero attached hydrogens (tertiary/aromatic N) is 2. The zero-order chi connectivity index (χ0) is 19.9. The van der Waals surface area contributed by atoms with Crippen LogP contribution in [0.15, 0.2) is 47.4 Å². The van der Waals surface area contributed by atoms with E-state index in [9.17, 15) is 17.6 Å². The molecule has 1 aromatic heterocycles. The first kappa shape index (κ1) is 18.6. The highest BCUT2D eigenvalue weighted by Gasteiger charge is 2.35. The maximum Gasteiger partial charge on any atom is 0.243 e. The molecule has 1 fully saturated rings. The molecular weight excluding hydrogens is 383 g/mol. The van der Waals surface area contributed by atoms with Crippen LogP contribution in [-0.2, 0) is 14.8 Å². The Hall–Kier alpha value is -2.78. The lowest BCUT2D eigenvalue weighted by Gasteiger charge is -2.16. The normalized spacial score (nSPS) is 17.9. The van der Waals surface area contributed by atoms with Gasteiger partial charge in [0.15, 0.2) is 0 Å². The summed E-state index contributed by atoms with van der Waals surface area (Å²) in [6.07, 6.45) is 0.428. The minimum atomic E-state index is -3.75. The first-order valence-electron chi connectivity index (χ1n) is 8.86. The number of aromatic amines is 1. The lowest BCUT2D eigenvalue weighted by Crippen LogP contribution is -2.31. The van der Waals surface area contributed by atoms with Gasteiger partial charge < -0.3 is 10.3 Å². The number of carbonyl (C=O) groups excluding carboxylic acids is 1. The smallest absolute Gasteiger partial charge is 0.243 e. The number of nitrogens with one attached hydrogen (secondary N) is 2. The molecule has 1 aliphatic rings. The monoisotopic (exact) mass is 402 g/mol. The molecule has 0 radical (unpaired) electrons. The average Bonchev–Trinajstić information content (AvgIpc) is 3.28. The molecule has 1 atom stereocenters. The van der Waals surface area contributed by atoms with E-state index in [1.807, 2.05) is 13.0 Å². The summed E-state index contributed by atoms with van der Waals surface area (Å²) in [4.78, 5) is 20.1. The summed E-state index contributed by atoms with van der Waals surface area (Å²) >= 11 is 0. The van der Waals surface area contributed by atoms with E-state index in [0.717, 1.165) is 29.0 Å². The van der Waals surface area contributed by atoms with Crippen LogP contribution in [-0.4, -0.2) is 41.7 Å². The largest absolute Gasteiger partial charge is 0.342 e. The van der Waals surface area contributed by atoms with Crippen molar-refractivity contribution >= 4 is 32.7 Å². The Morgan fingerprint density at radius 3 is 2.75 bits per heavy atom. The van der Waals surface area contributed by atoms with Crippen molar-refractivity contribution in [3.8, 4) is 0 Å². The minimum absolute atomic E-state index is 0.0232. The number of halogens is 1. The predicted molar refractivity (Wildman–Crippen MR) is 103 cm³/mol. The van der Waals surface area contributed by atoms with Gasteiger partial charge in [0, 0.05) is 18.8 Å². The van der Waals surface area contributed by atoms with Gasteiger partial charge in [-0.2, -0.15) is 4.31 Å². The van der Waals surface area contributed by atoms with Crippen molar-refractivity contribution in [3.05, 3.63) is 54.1 Å². The molecule has 0 aliphatic carbocycles. The molecule has 4 rings (SSSR count). The van der Waals surface area contributed by atoms with Gasteiger partial charge in [-0.3, -0.25) is 4.79 Å². The fourth-order valence-corrected chi connectivity index (χ4v) is 4.88. The van der Waals surface area contributed by atoms with Crippen LogP contribution in [0.2, 0.25) is 0 Å². The molecule has 146 valence electrons. The van der Waals surface area contributed by atoms with E-state index in [-0.39, 0.29) is 23.9 Å². The van der Waals surface area contributed by atoms with Gasteiger partial charge in [-0.1, -0.05) is 0 Å². The van der Waals surface area contributed by atoms with Crippen molar-refractivity contribution < 1.29 is 17.6 Å². The lowest BCUT2D eigenvalue weighted by atomic mass is 10.1. The van der Waals surface area contributed by atoms with Crippen molar-refractivity contribution in [1.82, 2.24) is 14.3 Å². The fraction of sp³-hybridized carbons (Fsp3) is 0.263. The lowest BCUT2D eigenvalue weighted by molar-refractivity contribution is -0.119. The number of anilines is 1. The number of aryl methyl sites for hydroxylation is 1. The topological polar surface area (TPSA) is 95.2 Å². The maximum atomic E-state index is 13.1. The second-order valence-electron chi connectivity index (χ2n) is 6.85. The van der Waals surface area contributed by atoms with E-state index >= 15 is 0 Å². The number of sulfonamides is 1. The summed E-state index contributed by atoms with van der Waals surface area (Å²) in [5.74, 6) is -0.389. The average molecular weight is 402 g/mol. The van der Waals surface area contributed by atoms with Crippen LogP contribution in [0.5, 0.6) is 0 Å². The second-order valence-corrected chi connectivity index (χ2v) is 8.78. The van der Waals surface area contributed by atoms with Crippen LogP contribution < -0.4 is 5.32 Å². The van der Waals surface area contributed by atoms with Crippen molar-refractivity contribution in [1.29, 1.82) is 0 Å². The Labute approximate surface area is 161 Å². The molecule has 1 amide bonds. The van der Waals surface area contributed by atoms with Crippen LogP contribution in [0.4, 0.5) is 10.1 Å². The molecule has 2 heterocycles. The van der Waals surface area contributed by atoms with Crippen LogP contribution in [0.1, 0.15) is 12.2 Å².